The zero-order valence-electron chi connectivity index (χ0n) is 12.9. The molecule has 128 valence electrons. The van der Waals surface area contributed by atoms with Crippen molar-refractivity contribution in [2.24, 2.45) is 5.10 Å². The zero-order chi connectivity index (χ0) is 17.7. The third-order valence-corrected chi connectivity index (χ3v) is 3.66. The van der Waals surface area contributed by atoms with Crippen molar-refractivity contribution in [1.29, 1.82) is 0 Å². The van der Waals surface area contributed by atoms with Crippen LogP contribution in [0.1, 0.15) is 18.3 Å². The number of rotatable bonds is 7. The summed E-state index contributed by atoms with van der Waals surface area (Å²) in [6.07, 6.45) is 1.59. The van der Waals surface area contributed by atoms with Gasteiger partial charge in [0.05, 0.1) is 17.3 Å². The van der Waals surface area contributed by atoms with Crippen molar-refractivity contribution >= 4 is 40.3 Å². The van der Waals surface area contributed by atoms with E-state index in [0.29, 0.717) is 33.2 Å². The van der Waals surface area contributed by atoms with Gasteiger partial charge in [0.25, 0.3) is 0 Å². The van der Waals surface area contributed by atoms with Crippen molar-refractivity contribution in [3.8, 4) is 11.5 Å². The number of carboxylic acids is 1. The van der Waals surface area contributed by atoms with Crippen molar-refractivity contribution in [2.45, 2.75) is 13.8 Å². The lowest BCUT2D eigenvalue weighted by Gasteiger charge is -2.13. The van der Waals surface area contributed by atoms with E-state index in [1.165, 1.54) is 4.68 Å². The summed E-state index contributed by atoms with van der Waals surface area (Å²) in [5.74, 6) is 0.302. The molecular formula is C14H15BrN4O4S. The molecule has 1 aromatic carbocycles. The van der Waals surface area contributed by atoms with E-state index in [1.807, 2.05) is 6.92 Å². The van der Waals surface area contributed by atoms with Crippen LogP contribution in [0.15, 0.2) is 21.7 Å². The maximum absolute atomic E-state index is 10.7. The Labute approximate surface area is 151 Å². The Hall–Kier alpha value is -2.20. The Balaban J connectivity index is 2.34. The van der Waals surface area contributed by atoms with Crippen LogP contribution in [0.2, 0.25) is 0 Å². The van der Waals surface area contributed by atoms with Gasteiger partial charge in [-0.2, -0.15) is 14.9 Å². The van der Waals surface area contributed by atoms with Gasteiger partial charge in [0.2, 0.25) is 4.77 Å². The Morgan fingerprint density at radius 3 is 2.88 bits per heavy atom. The third kappa shape index (κ3) is 4.42. The number of ether oxygens (including phenoxy) is 2. The fourth-order valence-corrected chi connectivity index (χ4v) is 2.63. The maximum Gasteiger partial charge on any atom is 0.341 e. The molecule has 0 aliphatic heterocycles. The molecule has 10 heteroatoms. The van der Waals surface area contributed by atoms with Gasteiger partial charge in [0.1, 0.15) is 5.82 Å². The molecule has 2 rings (SSSR count). The van der Waals surface area contributed by atoms with Gasteiger partial charge in [-0.3, -0.25) is 5.10 Å². The summed E-state index contributed by atoms with van der Waals surface area (Å²) < 4.78 is 13.2. The van der Waals surface area contributed by atoms with Crippen LogP contribution in [0.3, 0.4) is 0 Å². The number of benzene rings is 1. The normalized spacial score (nSPS) is 11.0. The number of hydrogen-bond donors (Lipinski definition) is 2. The predicted molar refractivity (Wildman–Crippen MR) is 93.6 cm³/mol. The smallest absolute Gasteiger partial charge is 0.341 e. The Kier molecular flexibility index (Phi) is 6.10. The highest BCUT2D eigenvalue weighted by atomic mass is 79.9. The quantitative estimate of drug-likeness (QED) is 0.533. The molecule has 2 N–H and O–H groups in total. The molecule has 0 amide bonds. The number of halogens is 1. The molecule has 1 heterocycles. The van der Waals surface area contributed by atoms with E-state index in [0.717, 1.165) is 5.56 Å². The summed E-state index contributed by atoms with van der Waals surface area (Å²) >= 11 is 8.44. The van der Waals surface area contributed by atoms with Crippen LogP contribution in [0, 0.1) is 11.7 Å². The summed E-state index contributed by atoms with van der Waals surface area (Å²) in [7, 11) is 0. The number of hydrogen-bond acceptors (Lipinski definition) is 6. The molecule has 0 atom stereocenters. The van der Waals surface area contributed by atoms with Crippen molar-refractivity contribution in [3.63, 3.8) is 0 Å². The van der Waals surface area contributed by atoms with Gasteiger partial charge < -0.3 is 14.6 Å². The second-order valence-corrected chi connectivity index (χ2v) is 5.82. The molecule has 8 nitrogen and oxygen atoms in total. The SMILES string of the molecule is CCOc1cc(/C=N\n2c(C)n[nH]c2=S)cc(Br)c1OCC(=O)O. The monoisotopic (exact) mass is 414 g/mol. The number of carbonyl (C=O) groups is 1. The Morgan fingerprint density at radius 1 is 1.54 bits per heavy atom. The zero-order valence-corrected chi connectivity index (χ0v) is 15.3. The Morgan fingerprint density at radius 2 is 2.29 bits per heavy atom. The second-order valence-electron chi connectivity index (χ2n) is 4.58. The number of carboxylic acid groups (broad SMARTS) is 1. The molecule has 0 radical (unpaired) electrons. The third-order valence-electron chi connectivity index (χ3n) is 2.81. The van der Waals surface area contributed by atoms with Crippen LogP contribution in [-0.2, 0) is 4.79 Å². The molecule has 2 aromatic rings. The number of aromatic nitrogens is 3. The van der Waals surface area contributed by atoms with Crippen LogP contribution in [0.25, 0.3) is 0 Å². The van der Waals surface area contributed by atoms with Crippen LogP contribution in [-0.4, -0.2) is 45.4 Å². The van der Waals surface area contributed by atoms with Gasteiger partial charge in [0, 0.05) is 0 Å². The molecular weight excluding hydrogens is 400 g/mol. The number of aliphatic carboxylic acids is 1. The minimum Gasteiger partial charge on any atom is -0.490 e. The highest BCUT2D eigenvalue weighted by molar-refractivity contribution is 9.10. The first-order chi connectivity index (χ1) is 11.4. The summed E-state index contributed by atoms with van der Waals surface area (Å²) in [5.41, 5.74) is 0.718. The van der Waals surface area contributed by atoms with Crippen LogP contribution < -0.4 is 9.47 Å². The molecule has 0 bridgehead atoms. The summed E-state index contributed by atoms with van der Waals surface area (Å²) in [4.78, 5) is 10.7. The van der Waals surface area contributed by atoms with E-state index in [-0.39, 0.29) is 0 Å². The predicted octanol–water partition coefficient (Wildman–Crippen LogP) is 2.76. The number of nitrogens with zero attached hydrogens (tertiary/aromatic N) is 3. The lowest BCUT2D eigenvalue weighted by atomic mass is 10.2. The van der Waals surface area contributed by atoms with E-state index in [2.05, 4.69) is 31.2 Å². The molecule has 0 unspecified atom stereocenters. The van der Waals surface area contributed by atoms with Crippen molar-refractivity contribution < 1.29 is 19.4 Å². The molecule has 0 aliphatic carbocycles. The molecule has 0 spiro atoms. The molecule has 24 heavy (non-hydrogen) atoms. The molecule has 0 saturated carbocycles. The lowest BCUT2D eigenvalue weighted by Crippen LogP contribution is -2.11. The van der Waals surface area contributed by atoms with E-state index in [1.54, 1.807) is 25.3 Å². The fraction of sp³-hybridized carbons (Fsp3) is 0.286. The van der Waals surface area contributed by atoms with Crippen molar-refractivity contribution in [3.05, 3.63) is 32.8 Å². The minimum atomic E-state index is -1.07. The topological polar surface area (TPSA) is 102 Å². The van der Waals surface area contributed by atoms with Gasteiger partial charge in [-0.25, -0.2) is 4.79 Å². The molecule has 0 fully saturated rings. The first-order valence-electron chi connectivity index (χ1n) is 6.91. The average molecular weight is 415 g/mol. The molecule has 0 saturated heterocycles. The van der Waals surface area contributed by atoms with E-state index >= 15 is 0 Å². The highest BCUT2D eigenvalue weighted by Gasteiger charge is 2.13. The van der Waals surface area contributed by atoms with Crippen LogP contribution >= 0.6 is 28.1 Å². The molecule has 0 aliphatic rings. The number of aryl methyl sites for hydroxylation is 1. The van der Waals surface area contributed by atoms with Gasteiger partial charge in [-0.05, 0) is 59.7 Å². The summed E-state index contributed by atoms with van der Waals surface area (Å²) in [6.45, 7) is 3.54. The van der Waals surface area contributed by atoms with Crippen molar-refractivity contribution in [2.75, 3.05) is 13.2 Å². The first kappa shape index (κ1) is 18.1. The van der Waals surface area contributed by atoms with Gasteiger partial charge in [-0.15, -0.1) is 0 Å². The summed E-state index contributed by atoms with van der Waals surface area (Å²) in [5, 5.41) is 19.6. The van der Waals surface area contributed by atoms with E-state index in [4.69, 9.17) is 26.8 Å². The standard InChI is InChI=1S/C14H15BrN4O4S/c1-3-22-11-5-9(4-10(15)13(11)23-7-12(20)21)6-16-19-8(2)17-18-14(19)24/h4-6H,3,7H2,1-2H3,(H,18,24)(H,20,21)/b16-6-. The first-order valence-corrected chi connectivity index (χ1v) is 8.11. The van der Waals surface area contributed by atoms with E-state index in [9.17, 15) is 4.79 Å². The lowest BCUT2D eigenvalue weighted by molar-refractivity contribution is -0.139. The van der Waals surface area contributed by atoms with E-state index < -0.39 is 12.6 Å². The molecule has 1 aromatic heterocycles. The highest BCUT2D eigenvalue weighted by Crippen LogP contribution is 2.36. The van der Waals surface area contributed by atoms with Gasteiger partial charge >= 0.3 is 5.97 Å². The average Bonchev–Trinajstić information content (AvgIpc) is 2.83. The van der Waals surface area contributed by atoms with Gasteiger partial charge in [0.15, 0.2) is 18.1 Å². The van der Waals surface area contributed by atoms with Gasteiger partial charge in [-0.1, -0.05) is 0 Å². The van der Waals surface area contributed by atoms with Crippen LogP contribution in [0.4, 0.5) is 0 Å². The summed E-state index contributed by atoms with van der Waals surface area (Å²) in [6, 6.07) is 3.44. The Bertz CT molecular complexity index is 831. The van der Waals surface area contributed by atoms with Crippen molar-refractivity contribution in [1.82, 2.24) is 14.9 Å². The minimum absolute atomic E-state index is 0.326. The second kappa shape index (κ2) is 8.06. The largest absolute Gasteiger partial charge is 0.490 e. The maximum atomic E-state index is 10.7. The van der Waals surface area contributed by atoms with Crippen LogP contribution in [0.5, 0.6) is 11.5 Å². The number of aromatic amines is 1. The number of nitrogens with one attached hydrogen (secondary N) is 1. The number of H-pyrrole nitrogens is 1. The fourth-order valence-electron chi connectivity index (χ4n) is 1.83.